The summed E-state index contributed by atoms with van der Waals surface area (Å²) in [6, 6.07) is 16.3. The Labute approximate surface area is 183 Å². The highest BCUT2D eigenvalue weighted by molar-refractivity contribution is 5.81. The summed E-state index contributed by atoms with van der Waals surface area (Å²) in [4.78, 5) is 22.9. The molecule has 2 aromatic carbocycles. The van der Waals surface area contributed by atoms with Crippen molar-refractivity contribution in [3.63, 3.8) is 0 Å². The van der Waals surface area contributed by atoms with Gasteiger partial charge in [0.05, 0.1) is 23.7 Å². The van der Waals surface area contributed by atoms with Gasteiger partial charge in [0.25, 0.3) is 0 Å². The van der Waals surface area contributed by atoms with E-state index in [2.05, 4.69) is 15.3 Å². The van der Waals surface area contributed by atoms with Gasteiger partial charge in [-0.25, -0.2) is 9.97 Å². The van der Waals surface area contributed by atoms with Gasteiger partial charge in [0, 0.05) is 24.7 Å². The maximum atomic E-state index is 12.7. The Kier molecular flexibility index (Phi) is 6.25. The lowest BCUT2D eigenvalue weighted by Crippen LogP contribution is -2.54. The zero-order valence-corrected chi connectivity index (χ0v) is 17.0. The highest BCUT2D eigenvalue weighted by Gasteiger charge is 2.33. The molecule has 2 heterocycles. The summed E-state index contributed by atoms with van der Waals surface area (Å²) in [6.45, 7) is 1.35. The molecule has 0 unspecified atom stereocenters. The lowest BCUT2D eigenvalue weighted by atomic mass is 9.99. The fourth-order valence-corrected chi connectivity index (χ4v) is 3.37. The first-order valence-corrected chi connectivity index (χ1v) is 10.1. The molecule has 1 aliphatic heterocycles. The minimum atomic E-state index is -4.42. The maximum absolute atomic E-state index is 12.7. The molecule has 0 spiro atoms. The van der Waals surface area contributed by atoms with Crippen LogP contribution in [0.1, 0.15) is 5.56 Å². The summed E-state index contributed by atoms with van der Waals surface area (Å²) in [6.07, 6.45) is -2.91. The molecule has 1 fully saturated rings. The molecule has 1 amide bonds. The molecule has 6 nitrogen and oxygen atoms in total. The predicted molar refractivity (Wildman–Crippen MR) is 113 cm³/mol. The van der Waals surface area contributed by atoms with E-state index in [1.165, 1.54) is 18.5 Å². The molecule has 1 aromatic heterocycles. The molecule has 166 valence electrons. The van der Waals surface area contributed by atoms with E-state index in [0.29, 0.717) is 13.1 Å². The van der Waals surface area contributed by atoms with Crippen LogP contribution in [0.15, 0.2) is 67.0 Å². The van der Waals surface area contributed by atoms with Crippen LogP contribution in [-0.4, -0.2) is 42.1 Å². The molecule has 1 N–H and O–H groups in total. The van der Waals surface area contributed by atoms with Crippen LogP contribution in [0, 0.1) is 5.92 Å². The van der Waals surface area contributed by atoms with Gasteiger partial charge in [-0.05, 0) is 18.2 Å². The largest absolute Gasteiger partial charge is 0.492 e. The minimum absolute atomic E-state index is 0.0792. The summed E-state index contributed by atoms with van der Waals surface area (Å²) in [5.74, 6) is 0.572. The molecule has 3 aromatic rings. The van der Waals surface area contributed by atoms with E-state index in [0.717, 1.165) is 29.2 Å². The van der Waals surface area contributed by atoms with Crippen LogP contribution in [0.25, 0.3) is 11.3 Å². The smallest absolute Gasteiger partial charge is 0.416 e. The molecule has 32 heavy (non-hydrogen) atoms. The van der Waals surface area contributed by atoms with Gasteiger partial charge in [0.15, 0.2) is 0 Å². The van der Waals surface area contributed by atoms with Gasteiger partial charge in [-0.15, -0.1) is 0 Å². The lowest BCUT2D eigenvalue weighted by Gasteiger charge is -2.39. The third kappa shape index (κ3) is 5.16. The topological polar surface area (TPSA) is 67.3 Å². The molecular formula is C23H21F3N4O2. The van der Waals surface area contributed by atoms with E-state index in [1.54, 1.807) is 0 Å². The molecule has 1 saturated heterocycles. The Balaban J connectivity index is 1.22. The molecule has 0 radical (unpaired) electrons. The number of amides is 1. The first kappa shape index (κ1) is 21.6. The second-order valence-corrected chi connectivity index (χ2v) is 7.39. The van der Waals surface area contributed by atoms with Crippen LogP contribution in [-0.2, 0) is 11.0 Å². The van der Waals surface area contributed by atoms with Gasteiger partial charge < -0.3 is 15.0 Å². The van der Waals surface area contributed by atoms with Crippen LogP contribution in [0.2, 0.25) is 0 Å². The average Bonchev–Trinajstić information content (AvgIpc) is 2.76. The molecule has 0 saturated carbocycles. The maximum Gasteiger partial charge on any atom is 0.416 e. The first-order valence-electron chi connectivity index (χ1n) is 10.1. The van der Waals surface area contributed by atoms with E-state index in [9.17, 15) is 18.0 Å². The average molecular weight is 442 g/mol. The molecule has 0 bridgehead atoms. The van der Waals surface area contributed by atoms with Crippen LogP contribution < -0.4 is 15.0 Å². The van der Waals surface area contributed by atoms with Crippen LogP contribution >= 0.6 is 0 Å². The number of alkyl halides is 3. The second-order valence-electron chi connectivity index (χ2n) is 7.39. The van der Waals surface area contributed by atoms with Crippen molar-refractivity contribution < 1.29 is 22.7 Å². The van der Waals surface area contributed by atoms with Gasteiger partial charge in [-0.2, -0.15) is 13.2 Å². The van der Waals surface area contributed by atoms with Crippen LogP contribution in [0.5, 0.6) is 5.75 Å². The Bertz CT molecular complexity index is 1070. The van der Waals surface area contributed by atoms with Crippen molar-refractivity contribution in [3.8, 4) is 17.0 Å². The third-order valence-electron chi connectivity index (χ3n) is 5.13. The molecule has 0 atom stereocenters. The van der Waals surface area contributed by atoms with Gasteiger partial charge in [0.1, 0.15) is 24.5 Å². The summed E-state index contributed by atoms with van der Waals surface area (Å²) < 4.78 is 43.5. The number of hydrogen-bond acceptors (Lipinski definition) is 5. The van der Waals surface area contributed by atoms with E-state index < -0.39 is 11.7 Å². The number of hydrogen-bond donors (Lipinski definition) is 1. The Morgan fingerprint density at radius 2 is 1.84 bits per heavy atom. The van der Waals surface area contributed by atoms with E-state index in [-0.39, 0.29) is 30.7 Å². The monoisotopic (exact) mass is 442 g/mol. The summed E-state index contributed by atoms with van der Waals surface area (Å²) in [5, 5.41) is 2.76. The fourth-order valence-electron chi connectivity index (χ4n) is 3.37. The van der Waals surface area contributed by atoms with Crippen molar-refractivity contribution in [2.45, 2.75) is 6.18 Å². The number of anilines is 1. The van der Waals surface area contributed by atoms with Gasteiger partial charge in [-0.1, -0.05) is 36.4 Å². The van der Waals surface area contributed by atoms with E-state index in [1.807, 2.05) is 41.3 Å². The van der Waals surface area contributed by atoms with Gasteiger partial charge >= 0.3 is 6.18 Å². The zero-order chi connectivity index (χ0) is 22.6. The third-order valence-corrected chi connectivity index (χ3v) is 5.13. The number of ether oxygens (including phenoxy) is 1. The van der Waals surface area contributed by atoms with Gasteiger partial charge in [0.2, 0.25) is 5.91 Å². The summed E-state index contributed by atoms with van der Waals surface area (Å²) >= 11 is 0. The first-order chi connectivity index (χ1) is 15.4. The van der Waals surface area contributed by atoms with E-state index >= 15 is 0 Å². The van der Waals surface area contributed by atoms with Crippen molar-refractivity contribution in [3.05, 3.63) is 72.6 Å². The van der Waals surface area contributed by atoms with E-state index in [4.69, 9.17) is 4.74 Å². The Morgan fingerprint density at radius 1 is 1.06 bits per heavy atom. The number of nitrogens with zero attached hydrogens (tertiary/aromatic N) is 3. The second kappa shape index (κ2) is 9.25. The highest BCUT2D eigenvalue weighted by Crippen LogP contribution is 2.31. The van der Waals surface area contributed by atoms with Crippen molar-refractivity contribution in [2.75, 3.05) is 31.1 Å². The number of benzene rings is 2. The molecule has 1 aliphatic rings. The number of nitrogens with one attached hydrogen (secondary N) is 1. The van der Waals surface area contributed by atoms with Crippen molar-refractivity contribution in [1.29, 1.82) is 0 Å². The molecule has 9 heteroatoms. The lowest BCUT2D eigenvalue weighted by molar-refractivity contribution is -0.137. The minimum Gasteiger partial charge on any atom is -0.492 e. The Hall–Kier alpha value is -3.62. The quantitative estimate of drug-likeness (QED) is 0.564. The number of carbonyl (C=O) groups is 1. The number of halogens is 3. The Morgan fingerprint density at radius 3 is 2.59 bits per heavy atom. The summed E-state index contributed by atoms with van der Waals surface area (Å²) in [7, 11) is 0. The fraction of sp³-hybridized carbons (Fsp3) is 0.261. The molecule has 0 aliphatic carbocycles. The SMILES string of the molecule is O=C(NCCOc1cccc(C(F)(F)F)c1)C1CN(c2cc(-c3ccccc3)ncn2)C1. The van der Waals surface area contributed by atoms with Crippen LogP contribution in [0.3, 0.4) is 0 Å². The number of carbonyl (C=O) groups excluding carboxylic acids is 1. The predicted octanol–water partition coefficient (Wildman–Crippen LogP) is 3.79. The van der Waals surface area contributed by atoms with Gasteiger partial charge in [-0.3, -0.25) is 4.79 Å². The summed E-state index contributed by atoms with van der Waals surface area (Å²) in [5.41, 5.74) is 1.04. The zero-order valence-electron chi connectivity index (χ0n) is 17.0. The highest BCUT2D eigenvalue weighted by atomic mass is 19.4. The van der Waals surface area contributed by atoms with Crippen LogP contribution in [0.4, 0.5) is 19.0 Å². The standard InChI is InChI=1S/C23H21F3N4O2/c24-23(25,26)18-7-4-8-19(11-18)32-10-9-27-22(31)17-13-30(14-17)21-12-20(28-15-29-21)16-5-2-1-3-6-16/h1-8,11-12,15,17H,9-10,13-14H2,(H,27,31). The van der Waals surface area contributed by atoms with Crippen molar-refractivity contribution in [2.24, 2.45) is 5.92 Å². The number of aromatic nitrogens is 2. The van der Waals surface area contributed by atoms with Crippen molar-refractivity contribution >= 4 is 11.7 Å². The number of rotatable bonds is 7. The van der Waals surface area contributed by atoms with Crippen molar-refractivity contribution in [1.82, 2.24) is 15.3 Å². The molecular weight excluding hydrogens is 421 g/mol. The molecule has 4 rings (SSSR count). The normalized spacial score (nSPS) is 14.0.